The van der Waals surface area contributed by atoms with Gasteiger partial charge in [-0.1, -0.05) is 74.5 Å². The van der Waals surface area contributed by atoms with Crippen molar-refractivity contribution in [3.8, 4) is 12.3 Å². The van der Waals surface area contributed by atoms with E-state index in [1.54, 1.807) is 0 Å². The third-order valence-corrected chi connectivity index (χ3v) is 9.03. The van der Waals surface area contributed by atoms with Gasteiger partial charge in [-0.15, -0.1) is 12.3 Å². The molecule has 1 nitrogen and oxygen atoms in total. The summed E-state index contributed by atoms with van der Waals surface area (Å²) in [7, 11) is -2.85. The standard InChI is InChI=1S/C20H24OSi/c1-4-5-12-17-20(2,3)22(21,18-13-8-6-9-14-18)19-15-10-7-11-16-19/h1,6-11,13-16,21H,5,12,17H2,2-3H3. The van der Waals surface area contributed by atoms with Gasteiger partial charge in [0.2, 0.25) is 0 Å². The molecule has 2 aromatic carbocycles. The van der Waals surface area contributed by atoms with Gasteiger partial charge in [0, 0.05) is 6.42 Å². The smallest absolute Gasteiger partial charge is 0.258 e. The molecule has 0 bridgehead atoms. The van der Waals surface area contributed by atoms with Crippen LogP contribution in [0.1, 0.15) is 33.1 Å². The van der Waals surface area contributed by atoms with Gasteiger partial charge in [0.05, 0.1) is 0 Å². The Labute approximate surface area is 135 Å². The second-order valence-electron chi connectivity index (χ2n) is 6.38. The zero-order valence-corrected chi connectivity index (χ0v) is 14.4. The maximum atomic E-state index is 11.9. The summed E-state index contributed by atoms with van der Waals surface area (Å²) in [6.07, 6.45) is 8.01. The lowest BCUT2D eigenvalue weighted by molar-refractivity contribution is 0.459. The number of rotatable bonds is 6. The maximum Gasteiger partial charge on any atom is 0.258 e. The lowest BCUT2D eigenvalue weighted by Gasteiger charge is -2.41. The predicted molar refractivity (Wildman–Crippen MR) is 96.8 cm³/mol. The molecule has 0 heterocycles. The Kier molecular flexibility index (Phi) is 5.23. The van der Waals surface area contributed by atoms with Gasteiger partial charge in [0.15, 0.2) is 0 Å². The van der Waals surface area contributed by atoms with Crippen molar-refractivity contribution in [3.63, 3.8) is 0 Å². The largest absolute Gasteiger partial charge is 0.424 e. The Balaban J connectivity index is 2.49. The molecule has 0 aliphatic carbocycles. The first kappa shape index (κ1) is 16.5. The predicted octanol–water partition coefficient (Wildman–Crippen LogP) is 3.32. The summed E-state index contributed by atoms with van der Waals surface area (Å²) in [6.45, 7) is 4.35. The van der Waals surface area contributed by atoms with E-state index < -0.39 is 8.32 Å². The average molecular weight is 308 g/mol. The summed E-state index contributed by atoms with van der Waals surface area (Å²) in [5.41, 5.74) is 0. The van der Waals surface area contributed by atoms with E-state index in [9.17, 15) is 4.80 Å². The van der Waals surface area contributed by atoms with Crippen LogP contribution in [-0.2, 0) is 0 Å². The molecule has 0 aliphatic heterocycles. The van der Waals surface area contributed by atoms with Crippen LogP contribution in [0.25, 0.3) is 0 Å². The Morgan fingerprint density at radius 1 is 0.955 bits per heavy atom. The van der Waals surface area contributed by atoms with Gasteiger partial charge >= 0.3 is 0 Å². The highest BCUT2D eigenvalue weighted by Crippen LogP contribution is 2.40. The van der Waals surface area contributed by atoms with Crippen LogP contribution in [0.2, 0.25) is 5.04 Å². The topological polar surface area (TPSA) is 20.2 Å². The third-order valence-electron chi connectivity index (χ3n) is 4.49. The molecule has 0 aromatic heterocycles. The molecule has 0 aliphatic rings. The number of unbranched alkanes of at least 4 members (excludes halogenated alkanes) is 1. The lowest BCUT2D eigenvalue weighted by Crippen LogP contribution is -2.65. The molecule has 2 rings (SSSR count). The molecule has 0 saturated carbocycles. The highest BCUT2D eigenvalue weighted by molar-refractivity contribution is 6.98. The van der Waals surface area contributed by atoms with Crippen LogP contribution in [0.15, 0.2) is 60.7 Å². The minimum absolute atomic E-state index is 0.188. The minimum Gasteiger partial charge on any atom is -0.424 e. The minimum atomic E-state index is -2.85. The molecule has 0 atom stereocenters. The summed E-state index contributed by atoms with van der Waals surface area (Å²) in [5.74, 6) is 2.71. The molecule has 0 saturated heterocycles. The Hall–Kier alpha value is -1.82. The molecular formula is C20H24OSi. The van der Waals surface area contributed by atoms with E-state index in [1.807, 2.05) is 36.4 Å². The molecule has 0 radical (unpaired) electrons. The molecule has 0 fully saturated rings. The fourth-order valence-electron chi connectivity index (χ4n) is 3.12. The Morgan fingerprint density at radius 3 is 1.82 bits per heavy atom. The van der Waals surface area contributed by atoms with Gasteiger partial charge in [0.1, 0.15) is 0 Å². The molecular weight excluding hydrogens is 284 g/mol. The molecule has 114 valence electrons. The van der Waals surface area contributed by atoms with E-state index >= 15 is 0 Å². The van der Waals surface area contributed by atoms with Gasteiger partial charge in [-0.25, -0.2) is 0 Å². The Bertz CT molecular complexity index is 586. The normalized spacial score (nSPS) is 11.9. The van der Waals surface area contributed by atoms with Crippen LogP contribution in [0.3, 0.4) is 0 Å². The zero-order valence-electron chi connectivity index (χ0n) is 13.4. The molecule has 22 heavy (non-hydrogen) atoms. The van der Waals surface area contributed by atoms with Crippen LogP contribution in [0, 0.1) is 12.3 Å². The molecule has 1 N–H and O–H groups in total. The van der Waals surface area contributed by atoms with Crippen molar-refractivity contribution in [1.82, 2.24) is 0 Å². The molecule has 2 aromatic rings. The van der Waals surface area contributed by atoms with Crippen LogP contribution in [-0.4, -0.2) is 13.1 Å². The van der Waals surface area contributed by atoms with Crippen LogP contribution in [0.4, 0.5) is 0 Å². The first-order valence-electron chi connectivity index (χ1n) is 7.79. The Morgan fingerprint density at radius 2 is 1.41 bits per heavy atom. The average Bonchev–Trinajstić information content (AvgIpc) is 2.55. The van der Waals surface area contributed by atoms with Gasteiger partial charge < -0.3 is 4.80 Å². The van der Waals surface area contributed by atoms with E-state index in [0.717, 1.165) is 29.6 Å². The summed E-state index contributed by atoms with van der Waals surface area (Å²) < 4.78 is 0. The summed E-state index contributed by atoms with van der Waals surface area (Å²) in [6, 6.07) is 20.3. The first-order valence-corrected chi connectivity index (χ1v) is 9.74. The van der Waals surface area contributed by atoms with Crippen LogP contribution < -0.4 is 10.4 Å². The zero-order chi connectivity index (χ0) is 16.1. The SMILES string of the molecule is C#CCCCC(C)(C)[Si](O)(c1ccccc1)c1ccccc1. The molecule has 0 unspecified atom stereocenters. The van der Waals surface area contributed by atoms with Gasteiger partial charge in [0.25, 0.3) is 8.32 Å². The second-order valence-corrected chi connectivity index (χ2v) is 10.3. The van der Waals surface area contributed by atoms with Crippen LogP contribution in [0.5, 0.6) is 0 Å². The van der Waals surface area contributed by atoms with Crippen molar-refractivity contribution in [2.45, 2.75) is 38.1 Å². The van der Waals surface area contributed by atoms with E-state index in [4.69, 9.17) is 6.42 Å². The van der Waals surface area contributed by atoms with Crippen molar-refractivity contribution in [3.05, 3.63) is 60.7 Å². The number of benzene rings is 2. The molecule has 0 amide bonds. The van der Waals surface area contributed by atoms with E-state index in [0.29, 0.717) is 0 Å². The summed E-state index contributed by atoms with van der Waals surface area (Å²) in [4.78, 5) is 11.9. The van der Waals surface area contributed by atoms with E-state index in [-0.39, 0.29) is 5.04 Å². The second kappa shape index (κ2) is 6.96. The molecule has 2 heteroatoms. The van der Waals surface area contributed by atoms with Crippen molar-refractivity contribution in [2.75, 3.05) is 0 Å². The van der Waals surface area contributed by atoms with Crippen molar-refractivity contribution < 1.29 is 4.80 Å². The highest BCUT2D eigenvalue weighted by Gasteiger charge is 2.49. The number of hydrogen-bond acceptors (Lipinski definition) is 1. The fraction of sp³-hybridized carbons (Fsp3) is 0.300. The lowest BCUT2D eigenvalue weighted by atomic mass is 10.1. The molecule has 0 spiro atoms. The van der Waals surface area contributed by atoms with E-state index in [2.05, 4.69) is 44.0 Å². The van der Waals surface area contributed by atoms with Gasteiger partial charge in [-0.05, 0) is 28.3 Å². The van der Waals surface area contributed by atoms with Crippen LogP contribution >= 0.6 is 0 Å². The van der Waals surface area contributed by atoms with Crippen molar-refractivity contribution in [2.24, 2.45) is 0 Å². The highest BCUT2D eigenvalue weighted by atomic mass is 28.4. The fourth-order valence-corrected chi connectivity index (χ4v) is 6.90. The summed E-state index contributed by atoms with van der Waals surface area (Å²) in [5, 5.41) is 1.94. The maximum absolute atomic E-state index is 11.9. The monoisotopic (exact) mass is 308 g/mol. The van der Waals surface area contributed by atoms with E-state index in [1.165, 1.54) is 0 Å². The van der Waals surface area contributed by atoms with Gasteiger partial charge in [-0.2, -0.15) is 0 Å². The van der Waals surface area contributed by atoms with Crippen molar-refractivity contribution in [1.29, 1.82) is 0 Å². The number of hydrogen-bond donors (Lipinski definition) is 1. The van der Waals surface area contributed by atoms with Crippen molar-refractivity contribution >= 4 is 18.7 Å². The van der Waals surface area contributed by atoms with Gasteiger partial charge in [-0.3, -0.25) is 0 Å². The summed E-state index contributed by atoms with van der Waals surface area (Å²) >= 11 is 0. The quantitative estimate of drug-likeness (QED) is 0.493. The third kappa shape index (κ3) is 3.16. The first-order chi connectivity index (χ1) is 10.5. The number of terminal acetylenes is 1.